The summed E-state index contributed by atoms with van der Waals surface area (Å²) in [5.41, 5.74) is 2.32. The van der Waals surface area contributed by atoms with Crippen LogP contribution in [-0.2, 0) is 0 Å². The fourth-order valence-electron chi connectivity index (χ4n) is 1.59. The largest absolute Gasteiger partial charge is 0.337 e. The molecule has 78 valence electrons. The summed E-state index contributed by atoms with van der Waals surface area (Å²) < 4.78 is 0. The highest BCUT2D eigenvalue weighted by Crippen LogP contribution is 2.17. The lowest BCUT2D eigenvalue weighted by atomic mass is 10.2. The van der Waals surface area contributed by atoms with Crippen molar-refractivity contribution in [1.82, 2.24) is 19.9 Å². The third kappa shape index (κ3) is 1.38. The minimum atomic E-state index is -0.143. The van der Waals surface area contributed by atoms with E-state index in [4.69, 9.17) is 0 Å². The third-order valence-corrected chi connectivity index (χ3v) is 2.33. The van der Waals surface area contributed by atoms with Gasteiger partial charge in [-0.25, -0.2) is 4.98 Å². The van der Waals surface area contributed by atoms with Crippen LogP contribution in [0.25, 0.3) is 22.4 Å². The summed E-state index contributed by atoms with van der Waals surface area (Å²) in [6.07, 6.45) is 4.99. The van der Waals surface area contributed by atoms with Crippen molar-refractivity contribution in [1.29, 1.82) is 0 Å². The Hall–Kier alpha value is -2.43. The van der Waals surface area contributed by atoms with E-state index in [0.717, 1.165) is 16.6 Å². The Morgan fingerprint density at radius 2 is 2.19 bits per heavy atom. The monoisotopic (exact) mass is 212 g/mol. The van der Waals surface area contributed by atoms with Gasteiger partial charge in [-0.15, -0.1) is 0 Å². The van der Waals surface area contributed by atoms with Gasteiger partial charge >= 0.3 is 0 Å². The number of fused-ring (bicyclic) bond motifs is 1. The van der Waals surface area contributed by atoms with Crippen molar-refractivity contribution in [3.63, 3.8) is 0 Å². The van der Waals surface area contributed by atoms with E-state index in [0.29, 0.717) is 5.82 Å². The maximum atomic E-state index is 11.2. The van der Waals surface area contributed by atoms with E-state index >= 15 is 0 Å². The van der Waals surface area contributed by atoms with Crippen LogP contribution in [-0.4, -0.2) is 19.9 Å². The lowest BCUT2D eigenvalue weighted by molar-refractivity contribution is 1.22. The summed E-state index contributed by atoms with van der Waals surface area (Å²) in [5.74, 6) is 0.675. The number of nitrogens with zero attached hydrogens (tertiary/aromatic N) is 2. The Morgan fingerprint density at radius 1 is 1.25 bits per heavy atom. The zero-order valence-corrected chi connectivity index (χ0v) is 8.27. The molecule has 0 fully saturated rings. The minimum Gasteiger partial charge on any atom is -0.337 e. The Kier molecular flexibility index (Phi) is 1.83. The molecule has 0 atom stereocenters. The van der Waals surface area contributed by atoms with Crippen molar-refractivity contribution >= 4 is 11.0 Å². The molecule has 16 heavy (non-hydrogen) atoms. The number of aromatic amines is 2. The van der Waals surface area contributed by atoms with Gasteiger partial charge < -0.3 is 9.97 Å². The summed E-state index contributed by atoms with van der Waals surface area (Å²) in [7, 11) is 0. The summed E-state index contributed by atoms with van der Waals surface area (Å²) in [5, 5.41) is 0. The molecule has 3 aromatic heterocycles. The number of hydrogen-bond acceptors (Lipinski definition) is 3. The normalized spacial score (nSPS) is 10.8. The number of H-pyrrole nitrogens is 2. The Bertz CT molecular complexity index is 665. The lowest BCUT2D eigenvalue weighted by Gasteiger charge is -1.93. The smallest absolute Gasteiger partial charge is 0.248 e. The maximum absolute atomic E-state index is 11.2. The second kappa shape index (κ2) is 3.30. The van der Waals surface area contributed by atoms with Gasteiger partial charge in [0.2, 0.25) is 5.56 Å². The molecule has 3 aromatic rings. The van der Waals surface area contributed by atoms with E-state index in [-0.39, 0.29) is 5.56 Å². The molecule has 5 heteroatoms. The fourth-order valence-corrected chi connectivity index (χ4v) is 1.59. The van der Waals surface area contributed by atoms with Crippen molar-refractivity contribution in [3.8, 4) is 11.4 Å². The van der Waals surface area contributed by atoms with Gasteiger partial charge in [-0.2, -0.15) is 0 Å². The minimum absolute atomic E-state index is 0.143. The zero-order valence-electron chi connectivity index (χ0n) is 8.27. The summed E-state index contributed by atoms with van der Waals surface area (Å²) >= 11 is 0. The second-order valence-electron chi connectivity index (χ2n) is 3.42. The molecule has 0 radical (unpaired) electrons. The van der Waals surface area contributed by atoms with Crippen LogP contribution in [0.2, 0.25) is 0 Å². The molecule has 0 aliphatic heterocycles. The quantitative estimate of drug-likeness (QED) is 0.638. The van der Waals surface area contributed by atoms with Gasteiger partial charge in [-0.3, -0.25) is 9.78 Å². The molecular weight excluding hydrogens is 204 g/mol. The van der Waals surface area contributed by atoms with E-state index in [2.05, 4.69) is 19.9 Å². The van der Waals surface area contributed by atoms with Crippen LogP contribution in [0.15, 0.2) is 41.6 Å². The molecular formula is C11H8N4O. The molecule has 0 bridgehead atoms. The van der Waals surface area contributed by atoms with Crippen LogP contribution >= 0.6 is 0 Å². The van der Waals surface area contributed by atoms with Crippen molar-refractivity contribution < 1.29 is 0 Å². The highest BCUT2D eigenvalue weighted by Gasteiger charge is 2.04. The highest BCUT2D eigenvalue weighted by molar-refractivity contribution is 5.78. The van der Waals surface area contributed by atoms with E-state index in [1.165, 1.54) is 6.07 Å². The molecule has 3 heterocycles. The van der Waals surface area contributed by atoms with E-state index in [9.17, 15) is 4.79 Å². The molecule has 2 N–H and O–H groups in total. The summed E-state index contributed by atoms with van der Waals surface area (Å²) in [4.78, 5) is 25.2. The number of pyridine rings is 2. The molecule has 0 saturated heterocycles. The molecule has 0 aliphatic rings. The number of imidazole rings is 1. The highest BCUT2D eigenvalue weighted by atomic mass is 16.1. The van der Waals surface area contributed by atoms with Crippen molar-refractivity contribution in [2.24, 2.45) is 0 Å². The standard InChI is InChI=1S/C11H8N4O/c16-10-5-7(1-4-13-10)11-14-8-2-3-12-6-9(8)15-11/h1-6H,(H,13,16)(H,14,15). The molecule has 0 unspecified atom stereocenters. The van der Waals surface area contributed by atoms with Crippen LogP contribution in [0.5, 0.6) is 0 Å². The Balaban J connectivity index is 2.23. The Labute approximate surface area is 90.2 Å². The number of aromatic nitrogens is 4. The topological polar surface area (TPSA) is 74.4 Å². The van der Waals surface area contributed by atoms with Crippen LogP contribution < -0.4 is 5.56 Å². The zero-order chi connectivity index (χ0) is 11.0. The molecule has 0 saturated carbocycles. The van der Waals surface area contributed by atoms with Gasteiger partial charge in [0.05, 0.1) is 17.2 Å². The van der Waals surface area contributed by atoms with Gasteiger partial charge in [0, 0.05) is 24.0 Å². The predicted octanol–water partition coefficient (Wildman–Crippen LogP) is 1.31. The number of nitrogens with one attached hydrogen (secondary N) is 2. The molecule has 3 rings (SSSR count). The summed E-state index contributed by atoms with van der Waals surface area (Å²) in [6, 6.07) is 5.13. The lowest BCUT2D eigenvalue weighted by Crippen LogP contribution is -2.02. The first kappa shape index (κ1) is 8.84. The third-order valence-electron chi connectivity index (χ3n) is 2.33. The van der Waals surface area contributed by atoms with Gasteiger partial charge in [-0.1, -0.05) is 0 Å². The molecule has 0 spiro atoms. The van der Waals surface area contributed by atoms with Crippen molar-refractivity contribution in [2.45, 2.75) is 0 Å². The average Bonchev–Trinajstić information content (AvgIpc) is 2.72. The number of rotatable bonds is 1. The Morgan fingerprint density at radius 3 is 3.00 bits per heavy atom. The van der Waals surface area contributed by atoms with Gasteiger partial charge in [0.15, 0.2) is 0 Å². The first-order chi connectivity index (χ1) is 7.83. The van der Waals surface area contributed by atoms with E-state index in [1.807, 2.05) is 6.07 Å². The van der Waals surface area contributed by atoms with Crippen molar-refractivity contribution in [2.75, 3.05) is 0 Å². The van der Waals surface area contributed by atoms with Gasteiger partial charge in [0.25, 0.3) is 0 Å². The van der Waals surface area contributed by atoms with E-state index in [1.54, 1.807) is 24.7 Å². The van der Waals surface area contributed by atoms with Gasteiger partial charge in [-0.05, 0) is 12.1 Å². The first-order valence-electron chi connectivity index (χ1n) is 4.82. The number of hydrogen-bond donors (Lipinski definition) is 2. The average molecular weight is 212 g/mol. The van der Waals surface area contributed by atoms with E-state index < -0.39 is 0 Å². The molecule has 5 nitrogen and oxygen atoms in total. The summed E-state index contributed by atoms with van der Waals surface area (Å²) in [6.45, 7) is 0. The maximum Gasteiger partial charge on any atom is 0.248 e. The van der Waals surface area contributed by atoms with Crippen LogP contribution in [0.4, 0.5) is 0 Å². The fraction of sp³-hybridized carbons (Fsp3) is 0. The molecule has 0 aliphatic carbocycles. The molecule has 0 amide bonds. The SMILES string of the molecule is O=c1cc(-c2nc3ccncc3[nH]2)cc[nH]1. The van der Waals surface area contributed by atoms with Crippen LogP contribution in [0.3, 0.4) is 0 Å². The first-order valence-corrected chi connectivity index (χ1v) is 4.82. The van der Waals surface area contributed by atoms with Gasteiger partial charge in [0.1, 0.15) is 5.82 Å². The molecule has 0 aromatic carbocycles. The van der Waals surface area contributed by atoms with Crippen LogP contribution in [0, 0.1) is 0 Å². The second-order valence-corrected chi connectivity index (χ2v) is 3.42. The van der Waals surface area contributed by atoms with Crippen LogP contribution in [0.1, 0.15) is 0 Å². The predicted molar refractivity (Wildman–Crippen MR) is 59.9 cm³/mol. The van der Waals surface area contributed by atoms with Crippen molar-refractivity contribution in [3.05, 3.63) is 47.1 Å².